The third-order valence-electron chi connectivity index (χ3n) is 2.44. The number of hydrogen-bond donors (Lipinski definition) is 3. The molecule has 1 atom stereocenters. The molecular weight excluding hydrogens is 446 g/mol. The number of aliphatic carboxylic acids is 3. The summed E-state index contributed by atoms with van der Waals surface area (Å²) < 4.78 is 21.2. The van der Waals surface area contributed by atoms with Crippen LogP contribution in [0.4, 0.5) is 0 Å². The summed E-state index contributed by atoms with van der Waals surface area (Å²) in [4.78, 5) is 32.8. The molecule has 0 spiro atoms. The van der Waals surface area contributed by atoms with Gasteiger partial charge in [-0.2, -0.15) is 0 Å². The fraction of sp³-hybridized carbons (Fsp3) is 0.250. The zero-order valence-corrected chi connectivity index (χ0v) is 14.4. The zero-order valence-electron chi connectivity index (χ0n) is 11.6. The Bertz CT molecular complexity index is 577. The van der Waals surface area contributed by atoms with Gasteiger partial charge in [-0.15, -0.1) is 0 Å². The smallest absolute Gasteiger partial charge is 0.481 e. The molecule has 1 aromatic carbocycles. The molecule has 0 heterocycles. The third kappa shape index (κ3) is 7.88. The first-order valence-electron chi connectivity index (χ1n) is 5.81. The predicted octanol–water partition coefficient (Wildman–Crippen LogP) is 1.51. The molecule has 2 radical (unpaired) electrons. The maximum absolute atomic E-state index is 11.8. The molecule has 140 valence electrons. The maximum Gasteiger partial charge on any atom is 0.751 e. The van der Waals surface area contributed by atoms with E-state index < -0.39 is 44.6 Å². The van der Waals surface area contributed by atoms with Crippen molar-refractivity contribution in [2.75, 3.05) is 0 Å². The number of carboxylic acids is 3. The summed E-state index contributed by atoms with van der Waals surface area (Å²) in [5.41, 5.74) is -2.69. The predicted molar refractivity (Wildman–Crippen MR) is 70.6 cm³/mol. The number of hydrogen-bond acceptors (Lipinski definition) is 6. The van der Waals surface area contributed by atoms with E-state index in [2.05, 4.69) is 4.52 Å². The largest absolute Gasteiger partial charge is 0.751 e. The fourth-order valence-electron chi connectivity index (χ4n) is 1.53. The molecule has 0 aliphatic carbocycles. The Kier molecular flexibility index (Phi) is 11.5. The van der Waals surface area contributed by atoms with Crippen molar-refractivity contribution in [1.29, 1.82) is 0 Å². The second-order valence-electron chi connectivity index (χ2n) is 4.16. The molecule has 1 rings (SSSR count). The van der Waals surface area contributed by atoms with Gasteiger partial charge in [0.1, 0.15) is 0 Å². The Morgan fingerprint density at radius 1 is 0.958 bits per heavy atom. The van der Waals surface area contributed by atoms with Gasteiger partial charge in [0, 0.05) is 38.7 Å². The molecule has 0 saturated carbocycles. The van der Waals surface area contributed by atoms with Crippen LogP contribution in [-0.2, 0) is 57.6 Å². The van der Waals surface area contributed by atoms with E-state index in [1.54, 1.807) is 18.2 Å². The summed E-state index contributed by atoms with van der Waals surface area (Å²) >= 11 is 0. The molecule has 3 N–H and O–H groups in total. The van der Waals surface area contributed by atoms with E-state index in [0.717, 1.165) is 0 Å². The van der Waals surface area contributed by atoms with E-state index in [-0.39, 0.29) is 39.9 Å². The summed E-state index contributed by atoms with van der Waals surface area (Å²) in [6, 6.07) is 7.58. The van der Waals surface area contributed by atoms with Crippen LogP contribution in [0.5, 0.6) is 5.75 Å². The van der Waals surface area contributed by atoms with Crippen molar-refractivity contribution in [3.8, 4) is 5.75 Å². The van der Waals surface area contributed by atoms with Crippen molar-refractivity contribution in [3.05, 3.63) is 30.3 Å². The Hall–Kier alpha value is -1.47. The first kappa shape index (κ1) is 24.8. The standard InChI is InChI=1S/C12H11O9P.2Cu/c13-9(14)6-12(11(17)18,7-10(15)16)21-22(19)20-8-4-2-1-3-5-8;;/h1-5H,6-7H2,(H2-,13,14,15,16,17,18);;/p+1. The number of carbonyl (C=O) groups is 3. The molecule has 0 aliphatic heterocycles. The van der Waals surface area contributed by atoms with E-state index in [1.807, 2.05) is 0 Å². The second-order valence-corrected chi connectivity index (χ2v) is 4.97. The van der Waals surface area contributed by atoms with Crippen LogP contribution in [0.1, 0.15) is 12.8 Å². The molecule has 9 nitrogen and oxygen atoms in total. The van der Waals surface area contributed by atoms with Crippen molar-refractivity contribution >= 4 is 26.2 Å². The first-order valence-corrected chi connectivity index (χ1v) is 6.91. The Morgan fingerprint density at radius 3 is 1.79 bits per heavy atom. The van der Waals surface area contributed by atoms with E-state index in [9.17, 15) is 18.9 Å². The summed E-state index contributed by atoms with van der Waals surface area (Å²) in [6.07, 6.45) is -2.37. The normalized spacial score (nSPS) is 10.6. The van der Waals surface area contributed by atoms with Gasteiger partial charge in [0.05, 0.1) is 12.8 Å². The average molecular weight is 458 g/mol. The maximum atomic E-state index is 11.8. The van der Waals surface area contributed by atoms with Gasteiger partial charge in [-0.3, -0.25) is 9.59 Å². The van der Waals surface area contributed by atoms with Crippen LogP contribution in [0, 0.1) is 0 Å². The van der Waals surface area contributed by atoms with Crippen molar-refractivity contribution in [2.45, 2.75) is 18.4 Å². The van der Waals surface area contributed by atoms with Gasteiger partial charge in [-0.25, -0.2) is 9.32 Å². The summed E-state index contributed by atoms with van der Waals surface area (Å²) in [5.74, 6) is -5.01. The van der Waals surface area contributed by atoms with Crippen LogP contribution in [0.15, 0.2) is 30.3 Å². The number of carboxylic acid groups (broad SMARTS) is 3. The van der Waals surface area contributed by atoms with E-state index in [4.69, 9.17) is 19.8 Å². The Labute approximate surface area is 158 Å². The number of rotatable bonds is 9. The van der Waals surface area contributed by atoms with Gasteiger partial charge in [0.15, 0.2) is 5.75 Å². The van der Waals surface area contributed by atoms with Gasteiger partial charge in [-0.1, -0.05) is 22.7 Å². The quantitative estimate of drug-likeness (QED) is 0.370. The number of benzene rings is 1. The molecule has 0 amide bonds. The van der Waals surface area contributed by atoms with Crippen LogP contribution in [0.25, 0.3) is 0 Å². The Morgan fingerprint density at radius 2 is 1.42 bits per heavy atom. The van der Waals surface area contributed by atoms with Gasteiger partial charge >= 0.3 is 26.2 Å². The minimum Gasteiger partial charge on any atom is -0.481 e. The van der Waals surface area contributed by atoms with E-state index >= 15 is 0 Å². The number of para-hydroxylation sites is 1. The van der Waals surface area contributed by atoms with Gasteiger partial charge in [0.25, 0.3) is 0 Å². The molecule has 24 heavy (non-hydrogen) atoms. The first-order chi connectivity index (χ1) is 10.2. The van der Waals surface area contributed by atoms with Gasteiger partial charge < -0.3 is 15.3 Å². The average Bonchev–Trinajstić information content (AvgIpc) is 2.37. The zero-order chi connectivity index (χ0) is 16.8. The van der Waals surface area contributed by atoms with Crippen molar-refractivity contribution in [3.63, 3.8) is 0 Å². The van der Waals surface area contributed by atoms with E-state index in [1.165, 1.54) is 12.1 Å². The molecule has 0 bridgehead atoms. The van der Waals surface area contributed by atoms with Crippen molar-refractivity contribution < 1.29 is 77.5 Å². The molecule has 12 heteroatoms. The summed E-state index contributed by atoms with van der Waals surface area (Å²) in [7, 11) is -3.10. The van der Waals surface area contributed by atoms with Crippen LogP contribution in [0.2, 0.25) is 0 Å². The van der Waals surface area contributed by atoms with Gasteiger partial charge in [-0.05, 0) is 12.1 Å². The third-order valence-corrected chi connectivity index (χ3v) is 3.29. The molecule has 1 aromatic rings. The van der Waals surface area contributed by atoms with Crippen LogP contribution in [-0.4, -0.2) is 38.8 Å². The van der Waals surface area contributed by atoms with Crippen LogP contribution in [0.3, 0.4) is 0 Å². The minimum atomic E-state index is -3.10. The molecule has 1 unspecified atom stereocenters. The Balaban J connectivity index is 0. The monoisotopic (exact) mass is 457 g/mol. The fourth-order valence-corrected chi connectivity index (χ4v) is 2.36. The van der Waals surface area contributed by atoms with E-state index in [0.29, 0.717) is 0 Å². The minimum absolute atomic E-state index is 0. The topological polar surface area (TPSA) is 147 Å². The van der Waals surface area contributed by atoms with Crippen molar-refractivity contribution in [1.82, 2.24) is 0 Å². The van der Waals surface area contributed by atoms with Gasteiger partial charge in [0.2, 0.25) is 5.60 Å². The summed E-state index contributed by atoms with van der Waals surface area (Å²) in [5, 5.41) is 26.6. The van der Waals surface area contributed by atoms with Crippen LogP contribution < -0.4 is 4.52 Å². The molecule has 0 aliphatic rings. The molecule has 0 saturated heterocycles. The van der Waals surface area contributed by atoms with Crippen LogP contribution >= 0.6 is 8.25 Å². The molecule has 0 aromatic heterocycles. The second kappa shape index (κ2) is 11.1. The van der Waals surface area contributed by atoms with Crippen molar-refractivity contribution in [2.24, 2.45) is 0 Å². The molecular formula is C12H12Cu2O9P+. The summed E-state index contributed by atoms with van der Waals surface area (Å²) in [6.45, 7) is 0. The molecule has 0 fully saturated rings. The SMILES string of the molecule is O=C(O)CC(CC(=O)O)(O[P+](=O)Oc1ccccc1)C(=O)O.[Cu].[Cu].